The first kappa shape index (κ1) is 19.6. The van der Waals surface area contributed by atoms with Gasteiger partial charge in [0.25, 0.3) is 5.91 Å². The molecule has 8 nitrogen and oxygen atoms in total. The molecule has 0 aromatic heterocycles. The van der Waals surface area contributed by atoms with E-state index in [1.54, 1.807) is 6.07 Å². The van der Waals surface area contributed by atoms with Gasteiger partial charge in [0.15, 0.2) is 18.1 Å². The highest BCUT2D eigenvalue weighted by Gasteiger charge is 2.24. The van der Waals surface area contributed by atoms with Crippen molar-refractivity contribution in [3.8, 4) is 11.5 Å². The second-order valence-corrected chi connectivity index (χ2v) is 6.44. The molecular weight excluding hydrogens is 340 g/mol. The third-order valence-corrected chi connectivity index (χ3v) is 3.47. The normalized spacial score (nSPS) is 13.1. The lowest BCUT2D eigenvalue weighted by Gasteiger charge is -2.13. The van der Waals surface area contributed by atoms with Crippen LogP contribution in [0.4, 0.5) is 4.79 Å². The molecule has 0 unspecified atom stereocenters. The van der Waals surface area contributed by atoms with Crippen LogP contribution in [0.25, 0.3) is 0 Å². The zero-order chi connectivity index (χ0) is 19.1. The fourth-order valence-electron chi connectivity index (χ4n) is 2.00. The standard InChI is InChI=1S/C18H24N2O6/c1-11(2)9-25-14-7-4-12(8-15(14)24-3)17(22)26-10-16(21)20-18(23)19-13-5-6-13/h4,7-8,11,13H,5-6,9-10H2,1-3H3,(H2,19,20,21,23). The number of esters is 1. The Morgan fingerprint density at radius 2 is 1.92 bits per heavy atom. The van der Waals surface area contributed by atoms with E-state index < -0.39 is 24.5 Å². The Bertz CT molecular complexity index is 670. The van der Waals surface area contributed by atoms with Gasteiger partial charge in [0.1, 0.15) is 0 Å². The quantitative estimate of drug-likeness (QED) is 0.683. The molecule has 0 heterocycles. The fourth-order valence-corrected chi connectivity index (χ4v) is 2.00. The second-order valence-electron chi connectivity index (χ2n) is 6.44. The summed E-state index contributed by atoms with van der Waals surface area (Å²) in [7, 11) is 1.47. The van der Waals surface area contributed by atoms with Crippen molar-refractivity contribution in [2.75, 3.05) is 20.3 Å². The highest BCUT2D eigenvalue weighted by Crippen LogP contribution is 2.28. The van der Waals surface area contributed by atoms with Crippen LogP contribution >= 0.6 is 0 Å². The van der Waals surface area contributed by atoms with Crippen molar-refractivity contribution in [1.29, 1.82) is 0 Å². The number of ether oxygens (including phenoxy) is 3. The van der Waals surface area contributed by atoms with E-state index in [1.807, 2.05) is 13.8 Å². The van der Waals surface area contributed by atoms with Crippen LogP contribution < -0.4 is 20.1 Å². The molecule has 1 fully saturated rings. The first-order valence-corrected chi connectivity index (χ1v) is 8.47. The Morgan fingerprint density at radius 1 is 1.19 bits per heavy atom. The van der Waals surface area contributed by atoms with E-state index in [1.165, 1.54) is 19.2 Å². The SMILES string of the molecule is COc1cc(C(=O)OCC(=O)NC(=O)NC2CC2)ccc1OCC(C)C. The minimum atomic E-state index is -0.698. The minimum Gasteiger partial charge on any atom is -0.493 e. The molecule has 1 saturated carbocycles. The fraction of sp³-hybridized carbons (Fsp3) is 0.500. The number of nitrogens with one attached hydrogen (secondary N) is 2. The molecule has 3 amide bonds. The Labute approximate surface area is 152 Å². The summed E-state index contributed by atoms with van der Waals surface area (Å²) < 4.78 is 15.8. The Morgan fingerprint density at radius 3 is 2.54 bits per heavy atom. The summed E-state index contributed by atoms with van der Waals surface area (Å²) >= 11 is 0. The molecule has 0 atom stereocenters. The van der Waals surface area contributed by atoms with Crippen LogP contribution in [0.3, 0.4) is 0 Å². The molecular formula is C18H24N2O6. The number of rotatable bonds is 8. The molecule has 1 aliphatic rings. The van der Waals surface area contributed by atoms with Crippen LogP contribution in [0.1, 0.15) is 37.0 Å². The molecule has 0 saturated heterocycles. The van der Waals surface area contributed by atoms with Crippen molar-refractivity contribution in [1.82, 2.24) is 10.6 Å². The van der Waals surface area contributed by atoms with E-state index in [-0.39, 0.29) is 11.6 Å². The number of imide groups is 1. The summed E-state index contributed by atoms with van der Waals surface area (Å²) in [6.07, 6.45) is 1.82. The predicted octanol–water partition coefficient (Wildman–Crippen LogP) is 1.87. The number of carbonyl (C=O) groups is 3. The van der Waals surface area contributed by atoms with Crippen molar-refractivity contribution in [2.24, 2.45) is 5.92 Å². The summed E-state index contributed by atoms with van der Waals surface area (Å²) in [5.74, 6) is -0.127. The van der Waals surface area contributed by atoms with Gasteiger partial charge in [-0.05, 0) is 37.0 Å². The van der Waals surface area contributed by atoms with Crippen LogP contribution in [-0.4, -0.2) is 44.3 Å². The Hall–Kier alpha value is -2.77. The number of benzene rings is 1. The second kappa shape index (κ2) is 9.07. The highest BCUT2D eigenvalue weighted by atomic mass is 16.5. The molecule has 0 spiro atoms. The summed E-state index contributed by atoms with van der Waals surface area (Å²) in [4.78, 5) is 35.1. The lowest BCUT2D eigenvalue weighted by atomic mass is 10.2. The van der Waals surface area contributed by atoms with E-state index >= 15 is 0 Å². The molecule has 1 aromatic rings. The smallest absolute Gasteiger partial charge is 0.338 e. The molecule has 1 aromatic carbocycles. The summed E-state index contributed by atoms with van der Waals surface area (Å²) in [5, 5.41) is 4.71. The van der Waals surface area contributed by atoms with Gasteiger partial charge in [0.2, 0.25) is 0 Å². The third kappa shape index (κ3) is 6.27. The maximum Gasteiger partial charge on any atom is 0.338 e. The van der Waals surface area contributed by atoms with Crippen LogP contribution in [0.15, 0.2) is 18.2 Å². The molecule has 0 aliphatic heterocycles. The zero-order valence-corrected chi connectivity index (χ0v) is 15.2. The van der Waals surface area contributed by atoms with Crippen LogP contribution in [-0.2, 0) is 9.53 Å². The first-order valence-electron chi connectivity index (χ1n) is 8.47. The zero-order valence-electron chi connectivity index (χ0n) is 15.2. The summed E-state index contributed by atoms with van der Waals surface area (Å²) in [5.41, 5.74) is 0.217. The van der Waals surface area contributed by atoms with Gasteiger partial charge in [-0.25, -0.2) is 9.59 Å². The Kier molecular flexibility index (Phi) is 6.82. The number of hydrogen-bond acceptors (Lipinski definition) is 6. The van der Waals surface area contributed by atoms with Gasteiger partial charge in [-0.3, -0.25) is 10.1 Å². The predicted molar refractivity (Wildman–Crippen MR) is 93.3 cm³/mol. The van der Waals surface area contributed by atoms with E-state index in [4.69, 9.17) is 14.2 Å². The van der Waals surface area contributed by atoms with Gasteiger partial charge in [0, 0.05) is 6.04 Å². The first-order chi connectivity index (χ1) is 12.4. The number of carbonyl (C=O) groups excluding carboxylic acids is 3. The summed E-state index contributed by atoms with van der Waals surface area (Å²) in [6, 6.07) is 4.17. The molecule has 8 heteroatoms. The molecule has 142 valence electrons. The maximum atomic E-state index is 12.1. The highest BCUT2D eigenvalue weighted by molar-refractivity contribution is 5.97. The van der Waals surface area contributed by atoms with Crippen LogP contribution in [0.2, 0.25) is 0 Å². The monoisotopic (exact) mass is 364 g/mol. The van der Waals surface area contributed by atoms with Crippen molar-refractivity contribution in [3.05, 3.63) is 23.8 Å². The minimum absolute atomic E-state index is 0.134. The largest absolute Gasteiger partial charge is 0.493 e. The van der Waals surface area contributed by atoms with E-state index in [0.717, 1.165) is 12.8 Å². The third-order valence-electron chi connectivity index (χ3n) is 3.47. The van der Waals surface area contributed by atoms with Gasteiger partial charge in [-0.2, -0.15) is 0 Å². The summed E-state index contributed by atoms with van der Waals surface area (Å²) in [6.45, 7) is 4.01. The van der Waals surface area contributed by atoms with Crippen molar-refractivity contribution >= 4 is 17.9 Å². The average Bonchev–Trinajstić information content (AvgIpc) is 3.41. The van der Waals surface area contributed by atoms with Gasteiger partial charge in [-0.1, -0.05) is 13.8 Å². The van der Waals surface area contributed by atoms with Crippen molar-refractivity contribution in [3.63, 3.8) is 0 Å². The molecule has 2 rings (SSSR count). The van der Waals surface area contributed by atoms with Crippen LogP contribution in [0, 0.1) is 5.92 Å². The molecule has 2 N–H and O–H groups in total. The van der Waals surface area contributed by atoms with Crippen LogP contribution in [0.5, 0.6) is 11.5 Å². The number of amides is 3. The number of hydrogen-bond donors (Lipinski definition) is 2. The number of methoxy groups -OCH3 is 1. The molecule has 26 heavy (non-hydrogen) atoms. The van der Waals surface area contributed by atoms with E-state index in [9.17, 15) is 14.4 Å². The molecule has 1 aliphatic carbocycles. The Balaban J connectivity index is 1.85. The van der Waals surface area contributed by atoms with Crippen molar-refractivity contribution < 1.29 is 28.6 Å². The lowest BCUT2D eigenvalue weighted by Crippen LogP contribution is -2.42. The maximum absolute atomic E-state index is 12.1. The van der Waals surface area contributed by atoms with Gasteiger partial charge in [-0.15, -0.1) is 0 Å². The van der Waals surface area contributed by atoms with E-state index in [2.05, 4.69) is 10.6 Å². The lowest BCUT2D eigenvalue weighted by molar-refractivity contribution is -0.123. The average molecular weight is 364 g/mol. The van der Waals surface area contributed by atoms with Crippen molar-refractivity contribution in [2.45, 2.75) is 32.7 Å². The van der Waals surface area contributed by atoms with Gasteiger partial charge >= 0.3 is 12.0 Å². The molecule has 0 radical (unpaired) electrons. The topological polar surface area (TPSA) is 103 Å². The van der Waals surface area contributed by atoms with E-state index in [0.29, 0.717) is 24.0 Å². The van der Waals surface area contributed by atoms with Gasteiger partial charge in [0.05, 0.1) is 19.3 Å². The number of urea groups is 1. The molecule has 0 bridgehead atoms. The van der Waals surface area contributed by atoms with Gasteiger partial charge < -0.3 is 19.5 Å².